The molecule has 40 heavy (non-hydrogen) atoms. The number of hydrogen-bond acceptors (Lipinski definition) is 5. The van der Waals surface area contributed by atoms with E-state index in [1.807, 2.05) is 37.3 Å². The van der Waals surface area contributed by atoms with Crippen LogP contribution in [0, 0.1) is 24.1 Å². The molecule has 0 aliphatic carbocycles. The van der Waals surface area contributed by atoms with E-state index in [9.17, 15) is 5.26 Å². The van der Waals surface area contributed by atoms with Crippen molar-refractivity contribution >= 4 is 34.1 Å². The number of nitrogens with one attached hydrogen (secondary N) is 1. The number of fused-ring (bicyclic) bond motifs is 1. The van der Waals surface area contributed by atoms with Gasteiger partial charge >= 0.3 is 0 Å². The second-order valence-corrected chi connectivity index (χ2v) is 10.0. The molecule has 0 amide bonds. The molecule has 2 aromatic heterocycles. The predicted octanol–water partition coefficient (Wildman–Crippen LogP) is 8.89. The molecule has 0 saturated carbocycles. The number of benzene rings is 4. The van der Waals surface area contributed by atoms with E-state index in [1.54, 1.807) is 0 Å². The van der Waals surface area contributed by atoms with Gasteiger partial charge in [-0.1, -0.05) is 65.7 Å². The maximum absolute atomic E-state index is 15.5. The minimum absolute atomic E-state index is 0.0167. The van der Waals surface area contributed by atoms with Gasteiger partial charge in [-0.15, -0.1) is 10.2 Å². The first-order valence-corrected chi connectivity index (χ1v) is 13.0. The van der Waals surface area contributed by atoms with Gasteiger partial charge < -0.3 is 14.1 Å². The summed E-state index contributed by atoms with van der Waals surface area (Å²) in [6.07, 6.45) is 0.0167. The zero-order chi connectivity index (χ0) is 27.8. The molecule has 0 atom stereocenters. The van der Waals surface area contributed by atoms with Gasteiger partial charge in [0.15, 0.2) is 11.6 Å². The van der Waals surface area contributed by atoms with Crippen molar-refractivity contribution in [2.75, 3.05) is 0 Å². The Morgan fingerprint density at radius 3 is 2.60 bits per heavy atom. The minimum atomic E-state index is -0.680. The molecule has 2 heterocycles. The van der Waals surface area contributed by atoms with Crippen LogP contribution in [-0.4, -0.2) is 15.2 Å². The highest BCUT2D eigenvalue weighted by Crippen LogP contribution is 2.37. The van der Waals surface area contributed by atoms with Gasteiger partial charge in [-0.05, 0) is 60.0 Å². The van der Waals surface area contributed by atoms with Crippen molar-refractivity contribution < 1.29 is 13.5 Å². The molecule has 6 rings (SSSR count). The van der Waals surface area contributed by atoms with Crippen LogP contribution in [0.2, 0.25) is 10.0 Å². The Morgan fingerprint density at radius 2 is 1.80 bits per heavy atom. The number of H-pyrrole nitrogens is 1. The van der Waals surface area contributed by atoms with E-state index >= 15 is 4.39 Å². The van der Waals surface area contributed by atoms with Crippen molar-refractivity contribution in [2.45, 2.75) is 13.3 Å². The number of rotatable bonds is 6. The van der Waals surface area contributed by atoms with Crippen LogP contribution in [0.1, 0.15) is 22.6 Å². The average Bonchev–Trinajstić information content (AvgIpc) is 3.56. The largest absolute Gasteiger partial charge is 0.453 e. The van der Waals surface area contributed by atoms with Crippen LogP contribution in [0.25, 0.3) is 33.6 Å². The van der Waals surface area contributed by atoms with Crippen molar-refractivity contribution in [3.05, 3.63) is 117 Å². The maximum atomic E-state index is 15.5. The molecule has 0 fully saturated rings. The lowest BCUT2D eigenvalue weighted by molar-refractivity contribution is 0.437. The molecule has 1 N–H and O–H groups in total. The highest BCUT2D eigenvalue weighted by atomic mass is 35.5. The number of aromatic amines is 1. The van der Waals surface area contributed by atoms with Crippen LogP contribution in [0.15, 0.2) is 83.3 Å². The Balaban J connectivity index is 1.28. The van der Waals surface area contributed by atoms with Crippen molar-refractivity contribution in [1.29, 1.82) is 5.26 Å². The third kappa shape index (κ3) is 4.91. The molecule has 0 saturated heterocycles. The molecular weight excluding hydrogens is 550 g/mol. The monoisotopic (exact) mass is 568 g/mol. The summed E-state index contributed by atoms with van der Waals surface area (Å²) in [6, 6.07) is 25.8. The number of aryl methyl sites for hydroxylation is 1. The smallest absolute Gasteiger partial charge is 0.264 e. The van der Waals surface area contributed by atoms with E-state index in [1.165, 1.54) is 30.3 Å². The number of halogens is 3. The van der Waals surface area contributed by atoms with Gasteiger partial charge in [-0.3, -0.25) is 0 Å². The SMILES string of the molecule is Cc1c(-c2nnc(Cc3ccc(Cl)c(Oc4cc(Cl)cc(C#N)c4)c3F)o2)[nH]c2ccc(-c3ccccc3)cc12. The summed E-state index contributed by atoms with van der Waals surface area (Å²) in [5, 5.41) is 18.9. The standard InChI is InChI=1S/C31H19Cl2FN4O2/c1-17-24-13-20(19-5-3-2-4-6-19)8-10-26(24)36-29(17)31-38-37-27(40-31)14-21-7-9-25(33)30(28(21)34)39-23-12-18(16-35)11-22(32)15-23/h2-13,15,36H,14H2,1H3. The van der Waals surface area contributed by atoms with Crippen molar-refractivity contribution in [1.82, 2.24) is 15.2 Å². The summed E-state index contributed by atoms with van der Waals surface area (Å²) in [5.74, 6) is -0.156. The van der Waals surface area contributed by atoms with Gasteiger partial charge in [-0.25, -0.2) is 4.39 Å². The molecule has 0 spiro atoms. The minimum Gasteiger partial charge on any atom is -0.453 e. The van der Waals surface area contributed by atoms with E-state index in [0.717, 1.165) is 27.6 Å². The van der Waals surface area contributed by atoms with Gasteiger partial charge in [0.2, 0.25) is 5.89 Å². The van der Waals surface area contributed by atoms with Crippen molar-refractivity contribution in [3.63, 3.8) is 0 Å². The third-order valence-electron chi connectivity index (χ3n) is 6.54. The molecule has 4 aromatic carbocycles. The molecule has 0 bridgehead atoms. The van der Waals surface area contributed by atoms with Gasteiger partial charge in [-0.2, -0.15) is 5.26 Å². The summed E-state index contributed by atoms with van der Waals surface area (Å²) >= 11 is 12.3. The first-order valence-electron chi connectivity index (χ1n) is 12.3. The van der Waals surface area contributed by atoms with E-state index in [2.05, 4.69) is 39.4 Å². The Kier molecular flexibility index (Phi) is 6.72. The third-order valence-corrected chi connectivity index (χ3v) is 7.05. The topological polar surface area (TPSA) is 87.7 Å². The van der Waals surface area contributed by atoms with E-state index in [4.69, 9.17) is 32.4 Å². The molecule has 6 nitrogen and oxygen atoms in total. The summed E-state index contributed by atoms with van der Waals surface area (Å²) < 4.78 is 27.1. The number of ether oxygens (including phenoxy) is 1. The van der Waals surface area contributed by atoms with E-state index < -0.39 is 5.82 Å². The van der Waals surface area contributed by atoms with Crippen LogP contribution in [-0.2, 0) is 6.42 Å². The van der Waals surface area contributed by atoms with Crippen LogP contribution < -0.4 is 4.74 Å². The van der Waals surface area contributed by atoms with Crippen LogP contribution >= 0.6 is 23.2 Å². The number of nitrogens with zero attached hydrogens (tertiary/aromatic N) is 3. The summed E-state index contributed by atoms with van der Waals surface area (Å²) in [5.41, 5.74) is 5.36. The quantitative estimate of drug-likeness (QED) is 0.216. The van der Waals surface area contributed by atoms with E-state index in [-0.39, 0.29) is 45.0 Å². The van der Waals surface area contributed by atoms with E-state index in [0.29, 0.717) is 11.6 Å². The lowest BCUT2D eigenvalue weighted by Crippen LogP contribution is -1.98. The van der Waals surface area contributed by atoms with Crippen LogP contribution in [0.5, 0.6) is 11.5 Å². The molecule has 196 valence electrons. The summed E-state index contributed by atoms with van der Waals surface area (Å²) in [4.78, 5) is 3.36. The highest BCUT2D eigenvalue weighted by Gasteiger charge is 2.20. The summed E-state index contributed by atoms with van der Waals surface area (Å²) in [6.45, 7) is 1.99. The zero-order valence-electron chi connectivity index (χ0n) is 21.0. The Bertz CT molecular complexity index is 1930. The number of aromatic nitrogens is 3. The lowest BCUT2D eigenvalue weighted by atomic mass is 10.0. The van der Waals surface area contributed by atoms with Crippen LogP contribution in [0.3, 0.4) is 0 Å². The van der Waals surface area contributed by atoms with Gasteiger partial charge in [0.1, 0.15) is 11.4 Å². The van der Waals surface area contributed by atoms with Crippen molar-refractivity contribution in [2.24, 2.45) is 0 Å². The fourth-order valence-electron chi connectivity index (χ4n) is 4.55. The van der Waals surface area contributed by atoms with Gasteiger partial charge in [0.25, 0.3) is 5.89 Å². The second-order valence-electron chi connectivity index (χ2n) is 9.17. The molecular formula is C31H19Cl2FN4O2. The zero-order valence-corrected chi connectivity index (χ0v) is 22.5. The Hall–Kier alpha value is -4.64. The molecule has 9 heteroatoms. The fourth-order valence-corrected chi connectivity index (χ4v) is 4.96. The van der Waals surface area contributed by atoms with Gasteiger partial charge in [0, 0.05) is 21.5 Å². The highest BCUT2D eigenvalue weighted by molar-refractivity contribution is 6.32. The Labute approximate surface area is 238 Å². The van der Waals surface area contributed by atoms with Crippen molar-refractivity contribution in [3.8, 4) is 40.3 Å². The fraction of sp³-hybridized carbons (Fsp3) is 0.0645. The molecule has 0 radical (unpaired) electrons. The summed E-state index contributed by atoms with van der Waals surface area (Å²) in [7, 11) is 0. The first kappa shape index (κ1) is 25.6. The second kappa shape index (κ2) is 10.5. The lowest BCUT2D eigenvalue weighted by Gasteiger charge is -2.11. The maximum Gasteiger partial charge on any atom is 0.264 e. The van der Waals surface area contributed by atoms with Gasteiger partial charge in [0.05, 0.1) is 23.1 Å². The van der Waals surface area contributed by atoms with Crippen LogP contribution in [0.4, 0.5) is 4.39 Å². The molecule has 0 aliphatic rings. The molecule has 0 aliphatic heterocycles. The number of nitriles is 1. The molecule has 0 unspecified atom stereocenters. The predicted molar refractivity (Wildman–Crippen MR) is 152 cm³/mol. The normalized spacial score (nSPS) is 11.1. The Morgan fingerprint density at radius 1 is 0.975 bits per heavy atom. The average molecular weight is 569 g/mol. The molecule has 6 aromatic rings. The number of hydrogen-bond donors (Lipinski definition) is 1. The first-order chi connectivity index (χ1) is 19.4.